The number of esters is 1. The van der Waals surface area contributed by atoms with Gasteiger partial charge in [0, 0.05) is 6.42 Å². The van der Waals surface area contributed by atoms with Gasteiger partial charge in [0.15, 0.2) is 0 Å². The molecule has 0 aliphatic rings. The summed E-state index contributed by atoms with van der Waals surface area (Å²) in [4.78, 5) is 23.6. The highest BCUT2D eigenvalue weighted by Crippen LogP contribution is 2.16. The van der Waals surface area contributed by atoms with E-state index in [0.717, 1.165) is 32.1 Å². The van der Waals surface area contributed by atoms with Gasteiger partial charge in [-0.15, -0.1) is 0 Å². The van der Waals surface area contributed by atoms with Crippen LogP contribution < -0.4 is 0 Å². The maximum atomic E-state index is 11.9. The molecule has 0 aliphatic heterocycles. The van der Waals surface area contributed by atoms with Crippen LogP contribution in [0.4, 0.5) is 0 Å². The van der Waals surface area contributed by atoms with E-state index in [1.54, 1.807) is 6.92 Å². The summed E-state index contributed by atoms with van der Waals surface area (Å²) in [5.41, 5.74) is 0. The number of ether oxygens (including phenoxy) is 1. The topological polar surface area (TPSA) is 43.4 Å². The molecule has 0 saturated heterocycles. The molecule has 0 rings (SSSR count). The molecular weight excluding hydrogens is 216 g/mol. The van der Waals surface area contributed by atoms with Crippen LogP contribution in [0.3, 0.4) is 0 Å². The zero-order valence-electron chi connectivity index (χ0n) is 11.5. The fourth-order valence-corrected chi connectivity index (χ4v) is 1.78. The molecule has 0 aromatic rings. The van der Waals surface area contributed by atoms with Gasteiger partial charge in [-0.3, -0.25) is 9.59 Å². The monoisotopic (exact) mass is 242 g/mol. The minimum absolute atomic E-state index is 0.0605. The second kappa shape index (κ2) is 10.3. The fraction of sp³-hybridized carbons (Fsp3) is 0.857. The Labute approximate surface area is 105 Å². The first-order valence-electron chi connectivity index (χ1n) is 6.86. The number of carbonyl (C=O) groups is 2. The van der Waals surface area contributed by atoms with Crippen LogP contribution in [0.15, 0.2) is 0 Å². The predicted octanol–water partition coefficient (Wildman–Crippen LogP) is 3.51. The van der Waals surface area contributed by atoms with Crippen molar-refractivity contribution in [1.29, 1.82) is 0 Å². The van der Waals surface area contributed by atoms with Crippen molar-refractivity contribution in [2.75, 3.05) is 6.61 Å². The molecule has 0 aromatic carbocycles. The SMILES string of the molecule is CCCCCC(=O)[C@@H](CCCC)C(=O)OCC. The van der Waals surface area contributed by atoms with E-state index >= 15 is 0 Å². The van der Waals surface area contributed by atoms with E-state index in [1.807, 2.05) is 0 Å². The van der Waals surface area contributed by atoms with E-state index in [1.165, 1.54) is 0 Å². The molecule has 0 aliphatic carbocycles. The molecule has 17 heavy (non-hydrogen) atoms. The van der Waals surface area contributed by atoms with Crippen LogP contribution in [0.1, 0.15) is 65.7 Å². The van der Waals surface area contributed by atoms with E-state index in [2.05, 4.69) is 13.8 Å². The van der Waals surface area contributed by atoms with Crippen LogP contribution in [-0.4, -0.2) is 18.4 Å². The number of carbonyl (C=O) groups excluding carboxylic acids is 2. The zero-order chi connectivity index (χ0) is 13.1. The fourth-order valence-electron chi connectivity index (χ4n) is 1.78. The number of unbranched alkanes of at least 4 members (excludes halogenated alkanes) is 3. The highest BCUT2D eigenvalue weighted by Gasteiger charge is 2.26. The Kier molecular flexibility index (Phi) is 9.78. The molecule has 0 unspecified atom stereocenters. The standard InChI is InChI=1S/C14H26O3/c1-4-7-9-11-13(15)12(10-8-5-2)14(16)17-6-3/h12H,4-11H2,1-3H3/t12-/m1/s1. The average Bonchev–Trinajstić information content (AvgIpc) is 2.30. The zero-order valence-corrected chi connectivity index (χ0v) is 11.5. The summed E-state index contributed by atoms with van der Waals surface area (Å²) >= 11 is 0. The van der Waals surface area contributed by atoms with E-state index in [4.69, 9.17) is 4.74 Å². The third-order valence-electron chi connectivity index (χ3n) is 2.83. The summed E-state index contributed by atoms with van der Waals surface area (Å²) in [6, 6.07) is 0. The van der Waals surface area contributed by atoms with Crippen molar-refractivity contribution in [3.05, 3.63) is 0 Å². The summed E-state index contributed by atoms with van der Waals surface area (Å²) in [6.45, 7) is 6.29. The molecule has 0 fully saturated rings. The molecular formula is C14H26O3. The molecule has 0 heterocycles. The van der Waals surface area contributed by atoms with E-state index < -0.39 is 5.92 Å². The molecule has 0 radical (unpaired) electrons. The number of rotatable bonds is 10. The van der Waals surface area contributed by atoms with Gasteiger partial charge in [-0.1, -0.05) is 39.5 Å². The van der Waals surface area contributed by atoms with Crippen LogP contribution in [0.5, 0.6) is 0 Å². The van der Waals surface area contributed by atoms with E-state index in [-0.39, 0.29) is 11.8 Å². The molecule has 1 atom stereocenters. The van der Waals surface area contributed by atoms with Crippen molar-refractivity contribution < 1.29 is 14.3 Å². The van der Waals surface area contributed by atoms with Gasteiger partial charge in [0.1, 0.15) is 11.7 Å². The van der Waals surface area contributed by atoms with Gasteiger partial charge in [-0.25, -0.2) is 0 Å². The van der Waals surface area contributed by atoms with Crippen molar-refractivity contribution in [2.45, 2.75) is 65.7 Å². The highest BCUT2D eigenvalue weighted by molar-refractivity contribution is 5.98. The summed E-state index contributed by atoms with van der Waals surface area (Å²) in [6.07, 6.45) is 6.08. The molecule has 100 valence electrons. The Morgan fingerprint density at radius 1 is 1.00 bits per heavy atom. The molecule has 0 saturated carbocycles. The third-order valence-corrected chi connectivity index (χ3v) is 2.83. The average molecular weight is 242 g/mol. The molecule has 3 heteroatoms. The highest BCUT2D eigenvalue weighted by atomic mass is 16.5. The van der Waals surface area contributed by atoms with Gasteiger partial charge < -0.3 is 4.74 Å². The molecule has 0 amide bonds. The second-order valence-electron chi connectivity index (χ2n) is 4.37. The molecule has 0 spiro atoms. The van der Waals surface area contributed by atoms with Crippen molar-refractivity contribution in [1.82, 2.24) is 0 Å². The van der Waals surface area contributed by atoms with Crippen LogP contribution in [0.2, 0.25) is 0 Å². The van der Waals surface area contributed by atoms with Gasteiger partial charge in [0.05, 0.1) is 6.61 Å². The minimum atomic E-state index is -0.522. The van der Waals surface area contributed by atoms with Gasteiger partial charge in [0.2, 0.25) is 0 Å². The minimum Gasteiger partial charge on any atom is -0.465 e. The van der Waals surface area contributed by atoms with Crippen molar-refractivity contribution in [2.24, 2.45) is 5.92 Å². The smallest absolute Gasteiger partial charge is 0.316 e. The Morgan fingerprint density at radius 3 is 2.18 bits per heavy atom. The third kappa shape index (κ3) is 7.14. The van der Waals surface area contributed by atoms with Gasteiger partial charge in [0.25, 0.3) is 0 Å². The lowest BCUT2D eigenvalue weighted by Crippen LogP contribution is -2.26. The van der Waals surface area contributed by atoms with Gasteiger partial charge in [-0.2, -0.15) is 0 Å². The lowest BCUT2D eigenvalue weighted by atomic mass is 9.94. The lowest BCUT2D eigenvalue weighted by Gasteiger charge is -2.13. The maximum Gasteiger partial charge on any atom is 0.316 e. The second-order valence-corrected chi connectivity index (χ2v) is 4.37. The van der Waals surface area contributed by atoms with Crippen molar-refractivity contribution in [3.63, 3.8) is 0 Å². The Morgan fingerprint density at radius 2 is 1.65 bits per heavy atom. The number of hydrogen-bond acceptors (Lipinski definition) is 3. The van der Waals surface area contributed by atoms with Crippen LogP contribution in [0, 0.1) is 5.92 Å². The van der Waals surface area contributed by atoms with E-state index in [9.17, 15) is 9.59 Å². The maximum absolute atomic E-state index is 11.9. The Bertz CT molecular complexity index is 224. The molecule has 0 N–H and O–H groups in total. The van der Waals surface area contributed by atoms with Crippen molar-refractivity contribution in [3.8, 4) is 0 Å². The van der Waals surface area contributed by atoms with Crippen molar-refractivity contribution >= 4 is 11.8 Å². The number of ketones is 1. The summed E-state index contributed by atoms with van der Waals surface area (Å²) in [5.74, 6) is -0.792. The normalized spacial score (nSPS) is 12.2. The number of hydrogen-bond donors (Lipinski definition) is 0. The largest absolute Gasteiger partial charge is 0.465 e. The van der Waals surface area contributed by atoms with Crippen LogP contribution in [0.25, 0.3) is 0 Å². The molecule has 0 aromatic heterocycles. The Balaban J connectivity index is 4.23. The van der Waals surface area contributed by atoms with Gasteiger partial charge >= 0.3 is 5.97 Å². The lowest BCUT2D eigenvalue weighted by molar-refractivity contribution is -0.152. The van der Waals surface area contributed by atoms with Crippen LogP contribution in [-0.2, 0) is 14.3 Å². The number of Topliss-reactive ketones (excluding diaryl/α,β-unsaturated/α-hetero) is 1. The first-order chi connectivity index (χ1) is 8.17. The summed E-state index contributed by atoms with van der Waals surface area (Å²) in [7, 11) is 0. The van der Waals surface area contributed by atoms with E-state index in [0.29, 0.717) is 19.4 Å². The first kappa shape index (κ1) is 16.1. The summed E-state index contributed by atoms with van der Waals surface area (Å²) in [5, 5.41) is 0. The van der Waals surface area contributed by atoms with Crippen LogP contribution >= 0.6 is 0 Å². The quantitative estimate of drug-likeness (QED) is 0.334. The predicted molar refractivity (Wildman–Crippen MR) is 68.8 cm³/mol. The Hall–Kier alpha value is -0.860. The summed E-state index contributed by atoms with van der Waals surface area (Å²) < 4.78 is 4.97. The first-order valence-corrected chi connectivity index (χ1v) is 6.86. The van der Waals surface area contributed by atoms with Gasteiger partial charge in [-0.05, 0) is 19.8 Å². The molecule has 0 bridgehead atoms. The molecule has 3 nitrogen and oxygen atoms in total.